The molecule has 0 unspecified atom stereocenters. The van der Waals surface area contributed by atoms with E-state index < -0.39 is 0 Å². The molecule has 0 aliphatic carbocycles. The number of amides is 1. The lowest BCUT2D eigenvalue weighted by Gasteiger charge is -2.06. The Kier molecular flexibility index (Phi) is 6.38. The van der Waals surface area contributed by atoms with E-state index in [0.717, 1.165) is 33.7 Å². The summed E-state index contributed by atoms with van der Waals surface area (Å²) in [5.74, 6) is 1.01. The van der Waals surface area contributed by atoms with E-state index >= 15 is 0 Å². The molecule has 9 heteroatoms. The highest BCUT2D eigenvalue weighted by molar-refractivity contribution is 7.99. The Balaban J connectivity index is 1.34. The van der Waals surface area contributed by atoms with Crippen LogP contribution in [0.15, 0.2) is 59.2 Å². The highest BCUT2D eigenvalue weighted by Crippen LogP contribution is 2.27. The Morgan fingerprint density at radius 2 is 2.03 bits per heavy atom. The van der Waals surface area contributed by atoms with Crippen molar-refractivity contribution in [1.82, 2.24) is 19.7 Å². The first-order valence-electron chi connectivity index (χ1n) is 9.11. The second-order valence-corrected chi connectivity index (χ2v) is 9.16. The van der Waals surface area contributed by atoms with E-state index in [1.165, 1.54) is 28.7 Å². The maximum absolute atomic E-state index is 12.4. The minimum absolute atomic E-state index is 0.0982. The molecule has 29 heavy (non-hydrogen) atoms. The number of nitrogens with zero attached hydrogens (tertiary/aromatic N) is 4. The van der Waals surface area contributed by atoms with Gasteiger partial charge in [-0.15, -0.1) is 32.9 Å². The summed E-state index contributed by atoms with van der Waals surface area (Å²) in [5, 5.41) is 14.8. The van der Waals surface area contributed by atoms with Gasteiger partial charge in [0.15, 0.2) is 16.1 Å². The van der Waals surface area contributed by atoms with Crippen molar-refractivity contribution in [2.24, 2.45) is 0 Å². The topological polar surface area (TPSA) is 72.7 Å². The van der Waals surface area contributed by atoms with Gasteiger partial charge in [-0.05, 0) is 23.9 Å². The lowest BCUT2D eigenvalue weighted by Crippen LogP contribution is -2.14. The normalized spacial score (nSPS) is 10.9. The summed E-state index contributed by atoms with van der Waals surface area (Å²) in [7, 11) is 0. The molecule has 3 heterocycles. The number of nitrogens with one attached hydrogen (secondary N) is 1. The largest absolute Gasteiger partial charge is 0.302 e. The van der Waals surface area contributed by atoms with E-state index in [-0.39, 0.29) is 11.7 Å². The number of hydrogen-bond acceptors (Lipinski definition) is 7. The van der Waals surface area contributed by atoms with Crippen molar-refractivity contribution in [1.29, 1.82) is 0 Å². The van der Waals surface area contributed by atoms with Crippen LogP contribution in [-0.4, -0.2) is 31.4 Å². The van der Waals surface area contributed by atoms with E-state index in [0.29, 0.717) is 5.13 Å². The number of carbonyl (C=O) groups is 1. The van der Waals surface area contributed by atoms with Crippen LogP contribution in [0.1, 0.15) is 17.4 Å². The van der Waals surface area contributed by atoms with Gasteiger partial charge in [0.25, 0.3) is 0 Å². The van der Waals surface area contributed by atoms with Gasteiger partial charge in [0.05, 0.1) is 10.6 Å². The summed E-state index contributed by atoms with van der Waals surface area (Å²) < 4.78 is 2.03. The quantitative estimate of drug-likeness (QED) is 0.398. The van der Waals surface area contributed by atoms with Crippen molar-refractivity contribution in [3.63, 3.8) is 0 Å². The van der Waals surface area contributed by atoms with Crippen LogP contribution in [-0.2, 0) is 17.8 Å². The molecule has 0 radical (unpaired) electrons. The van der Waals surface area contributed by atoms with Crippen LogP contribution in [0.25, 0.3) is 10.7 Å². The number of aromatic nitrogens is 4. The zero-order valence-corrected chi connectivity index (χ0v) is 18.2. The monoisotopic (exact) mass is 441 g/mol. The van der Waals surface area contributed by atoms with Crippen molar-refractivity contribution in [2.75, 3.05) is 11.1 Å². The first kappa shape index (κ1) is 19.8. The smallest absolute Gasteiger partial charge is 0.236 e. The molecule has 0 aliphatic heterocycles. The van der Waals surface area contributed by atoms with Crippen LogP contribution in [0.3, 0.4) is 0 Å². The number of anilines is 1. The Hall–Kier alpha value is -2.49. The number of rotatable bonds is 8. The summed E-state index contributed by atoms with van der Waals surface area (Å²) >= 11 is 4.52. The minimum Gasteiger partial charge on any atom is -0.302 e. The molecular weight excluding hydrogens is 422 g/mol. The van der Waals surface area contributed by atoms with Crippen molar-refractivity contribution < 1.29 is 4.79 Å². The molecule has 148 valence electrons. The number of thiazole rings is 1. The molecule has 0 saturated heterocycles. The van der Waals surface area contributed by atoms with Gasteiger partial charge in [-0.2, -0.15) is 0 Å². The molecule has 6 nitrogen and oxygen atoms in total. The fourth-order valence-corrected chi connectivity index (χ4v) is 5.18. The van der Waals surface area contributed by atoms with Gasteiger partial charge in [-0.3, -0.25) is 4.79 Å². The number of carbonyl (C=O) groups excluding carboxylic acids is 1. The third-order valence-corrected chi connectivity index (χ3v) is 6.87. The summed E-state index contributed by atoms with van der Waals surface area (Å²) in [6.07, 6.45) is 2.63. The number of thiophene rings is 1. The molecule has 0 aliphatic rings. The van der Waals surface area contributed by atoms with Gasteiger partial charge in [-0.25, -0.2) is 4.98 Å². The fraction of sp³-hybridized carbons (Fsp3) is 0.200. The Morgan fingerprint density at radius 1 is 1.17 bits per heavy atom. The fourth-order valence-electron chi connectivity index (χ4n) is 2.80. The van der Waals surface area contributed by atoms with Crippen LogP contribution in [0.5, 0.6) is 0 Å². The molecular formula is C20H19N5OS3. The van der Waals surface area contributed by atoms with Gasteiger partial charge in [0.2, 0.25) is 5.91 Å². The maximum atomic E-state index is 12.4. The SMILES string of the molecule is CCn1c(SCC(=O)Nc2ncc(Cc3ccccc3)s2)nnc1-c1cccs1. The molecule has 0 fully saturated rings. The number of thioether (sulfide) groups is 1. The van der Waals surface area contributed by atoms with Gasteiger partial charge in [-0.1, -0.05) is 48.2 Å². The van der Waals surface area contributed by atoms with Crippen molar-refractivity contribution in [3.05, 3.63) is 64.5 Å². The summed E-state index contributed by atoms with van der Waals surface area (Å²) in [5.41, 5.74) is 1.23. The summed E-state index contributed by atoms with van der Waals surface area (Å²) in [6.45, 7) is 2.80. The molecule has 1 N–H and O–H groups in total. The second kappa shape index (κ2) is 9.34. The molecule has 3 aromatic heterocycles. The summed E-state index contributed by atoms with van der Waals surface area (Å²) in [6, 6.07) is 14.2. The van der Waals surface area contributed by atoms with Gasteiger partial charge in [0, 0.05) is 24.0 Å². The van der Waals surface area contributed by atoms with E-state index in [4.69, 9.17) is 0 Å². The lowest BCUT2D eigenvalue weighted by molar-refractivity contribution is -0.113. The van der Waals surface area contributed by atoms with Crippen molar-refractivity contribution in [2.45, 2.75) is 25.0 Å². The van der Waals surface area contributed by atoms with Gasteiger partial charge in [0.1, 0.15) is 0 Å². The molecule has 1 amide bonds. The van der Waals surface area contributed by atoms with Crippen LogP contribution in [0, 0.1) is 0 Å². The molecule has 0 spiro atoms. The van der Waals surface area contributed by atoms with E-state index in [1.807, 2.05) is 46.5 Å². The molecule has 0 saturated carbocycles. The zero-order chi connectivity index (χ0) is 20.1. The molecule has 0 atom stereocenters. The Bertz CT molecular complexity index is 1070. The zero-order valence-electron chi connectivity index (χ0n) is 15.7. The van der Waals surface area contributed by atoms with E-state index in [2.05, 4.69) is 39.6 Å². The third kappa shape index (κ3) is 4.92. The summed E-state index contributed by atoms with van der Waals surface area (Å²) in [4.78, 5) is 18.9. The average molecular weight is 442 g/mol. The van der Waals surface area contributed by atoms with Crippen LogP contribution in [0.4, 0.5) is 5.13 Å². The number of benzene rings is 1. The molecule has 4 rings (SSSR count). The standard InChI is InChI=1S/C20H19N5OS3/c1-2-25-18(16-9-6-10-27-16)23-24-20(25)28-13-17(26)22-19-21-12-15(29-19)11-14-7-4-3-5-8-14/h3-10,12H,2,11,13H2,1H3,(H,21,22,26). The highest BCUT2D eigenvalue weighted by atomic mass is 32.2. The first-order valence-corrected chi connectivity index (χ1v) is 11.8. The molecule has 0 bridgehead atoms. The van der Waals surface area contributed by atoms with Crippen LogP contribution in [0.2, 0.25) is 0 Å². The van der Waals surface area contributed by atoms with Crippen LogP contribution >= 0.6 is 34.4 Å². The van der Waals surface area contributed by atoms with Crippen molar-refractivity contribution in [3.8, 4) is 10.7 Å². The predicted octanol–water partition coefficient (Wildman–Crippen LogP) is 4.80. The predicted molar refractivity (Wildman–Crippen MR) is 120 cm³/mol. The lowest BCUT2D eigenvalue weighted by atomic mass is 10.1. The Labute approximate surface area is 181 Å². The Morgan fingerprint density at radius 3 is 2.79 bits per heavy atom. The number of hydrogen-bond donors (Lipinski definition) is 1. The second-order valence-electron chi connectivity index (χ2n) is 6.16. The van der Waals surface area contributed by atoms with Gasteiger partial charge < -0.3 is 9.88 Å². The molecule has 1 aromatic carbocycles. The van der Waals surface area contributed by atoms with E-state index in [9.17, 15) is 4.79 Å². The maximum Gasteiger partial charge on any atom is 0.236 e. The van der Waals surface area contributed by atoms with Crippen molar-refractivity contribution >= 4 is 45.5 Å². The first-order chi connectivity index (χ1) is 14.2. The van der Waals surface area contributed by atoms with Crippen LogP contribution < -0.4 is 5.32 Å². The average Bonchev–Trinajstić information content (AvgIpc) is 3.48. The minimum atomic E-state index is -0.0982. The van der Waals surface area contributed by atoms with Gasteiger partial charge >= 0.3 is 0 Å². The molecule has 4 aromatic rings. The highest BCUT2D eigenvalue weighted by Gasteiger charge is 2.15. The third-order valence-electron chi connectivity index (χ3n) is 4.13. The van der Waals surface area contributed by atoms with E-state index in [1.54, 1.807) is 11.3 Å².